The van der Waals surface area contributed by atoms with Gasteiger partial charge in [0.05, 0.1) is 0 Å². The zero-order valence-corrected chi connectivity index (χ0v) is 54.7. The average molecular weight is 1150 g/mol. The summed E-state index contributed by atoms with van der Waals surface area (Å²) < 4.78 is 16.9. The zero-order chi connectivity index (χ0) is 59.9. The van der Waals surface area contributed by atoms with Gasteiger partial charge in [-0.3, -0.25) is 14.4 Å². The molecule has 0 heterocycles. The summed E-state index contributed by atoms with van der Waals surface area (Å²) in [6.07, 6.45) is 97.0. The monoisotopic (exact) mass is 1150 g/mol. The lowest BCUT2D eigenvalue weighted by atomic mass is 10.0. The van der Waals surface area contributed by atoms with Crippen molar-refractivity contribution >= 4 is 17.9 Å². The van der Waals surface area contributed by atoms with Crippen LogP contribution in [-0.2, 0) is 28.6 Å². The van der Waals surface area contributed by atoms with Crippen LogP contribution in [0.5, 0.6) is 0 Å². The summed E-state index contributed by atoms with van der Waals surface area (Å²) in [6.45, 7) is 6.42. The van der Waals surface area contributed by atoms with Crippen molar-refractivity contribution in [1.29, 1.82) is 0 Å². The molecular formula is C77H132O6. The fraction of sp³-hybridized carbons (Fsp3) is 0.727. The molecule has 83 heavy (non-hydrogen) atoms. The molecule has 0 saturated heterocycles. The Morgan fingerprint density at radius 1 is 0.253 bits per heavy atom. The third-order valence-corrected chi connectivity index (χ3v) is 15.2. The second-order valence-electron chi connectivity index (χ2n) is 23.4. The van der Waals surface area contributed by atoms with Crippen LogP contribution in [-0.4, -0.2) is 37.2 Å². The topological polar surface area (TPSA) is 78.9 Å². The minimum absolute atomic E-state index is 0.0879. The lowest BCUT2D eigenvalue weighted by molar-refractivity contribution is -0.167. The van der Waals surface area contributed by atoms with Gasteiger partial charge in [-0.2, -0.15) is 0 Å². The SMILES string of the molecule is CC/C=C\C/C=C\C/C=C\C/C=C\CCCCCCCCCCCCCCCCCCCCCCC(=O)OCC(COC(=O)CCCCCCC/C=C\CCCCCCCC)OC(=O)CCCCCC/C=C\C/C=C\C/C=C\C/C=C\CC. The Morgan fingerprint density at radius 2 is 0.470 bits per heavy atom. The summed E-state index contributed by atoms with van der Waals surface area (Å²) in [7, 11) is 0. The van der Waals surface area contributed by atoms with Crippen LogP contribution in [0.3, 0.4) is 0 Å². The van der Waals surface area contributed by atoms with Crippen LogP contribution >= 0.6 is 0 Å². The molecule has 0 N–H and O–H groups in total. The molecule has 0 amide bonds. The molecule has 0 aromatic rings. The van der Waals surface area contributed by atoms with E-state index in [1.54, 1.807) is 0 Å². The normalized spacial score (nSPS) is 12.8. The van der Waals surface area contributed by atoms with E-state index in [0.29, 0.717) is 19.3 Å². The van der Waals surface area contributed by atoms with Gasteiger partial charge in [-0.25, -0.2) is 0 Å². The summed E-state index contributed by atoms with van der Waals surface area (Å²) in [5.41, 5.74) is 0. The molecule has 0 aliphatic rings. The van der Waals surface area contributed by atoms with Gasteiger partial charge < -0.3 is 14.2 Å². The first-order valence-electron chi connectivity index (χ1n) is 35.4. The molecule has 0 bridgehead atoms. The highest BCUT2D eigenvalue weighted by Crippen LogP contribution is 2.17. The molecule has 0 saturated carbocycles. The molecule has 0 fully saturated rings. The Balaban J connectivity index is 4.21. The predicted octanol–water partition coefficient (Wildman–Crippen LogP) is 24.6. The summed E-state index contributed by atoms with van der Waals surface area (Å²) >= 11 is 0. The highest BCUT2D eigenvalue weighted by atomic mass is 16.6. The van der Waals surface area contributed by atoms with E-state index < -0.39 is 6.10 Å². The number of carbonyl (C=O) groups excluding carboxylic acids is 3. The van der Waals surface area contributed by atoms with Crippen molar-refractivity contribution in [3.63, 3.8) is 0 Å². The molecule has 1 unspecified atom stereocenters. The highest BCUT2D eigenvalue weighted by molar-refractivity contribution is 5.71. The first-order chi connectivity index (χ1) is 41.0. The van der Waals surface area contributed by atoms with Crippen LogP contribution in [0.4, 0.5) is 0 Å². The van der Waals surface area contributed by atoms with Gasteiger partial charge in [0.15, 0.2) is 6.10 Å². The lowest BCUT2D eigenvalue weighted by Crippen LogP contribution is -2.30. The summed E-state index contributed by atoms with van der Waals surface area (Å²) in [4.78, 5) is 38.4. The largest absolute Gasteiger partial charge is 0.462 e. The van der Waals surface area contributed by atoms with Crippen LogP contribution < -0.4 is 0 Å². The Morgan fingerprint density at radius 3 is 0.747 bits per heavy atom. The van der Waals surface area contributed by atoms with Gasteiger partial charge in [0.1, 0.15) is 13.2 Å². The van der Waals surface area contributed by atoms with Gasteiger partial charge in [-0.1, -0.05) is 310 Å². The minimum atomic E-state index is -0.795. The van der Waals surface area contributed by atoms with E-state index in [9.17, 15) is 14.4 Å². The summed E-state index contributed by atoms with van der Waals surface area (Å²) in [5, 5.41) is 0. The Labute approximate surface area is 514 Å². The second kappa shape index (κ2) is 70.6. The van der Waals surface area contributed by atoms with Crippen LogP contribution in [0.15, 0.2) is 109 Å². The molecule has 0 rings (SSSR count). The smallest absolute Gasteiger partial charge is 0.306 e. The number of ether oxygens (including phenoxy) is 3. The number of hydrogen-bond acceptors (Lipinski definition) is 6. The number of hydrogen-bond donors (Lipinski definition) is 0. The van der Waals surface area contributed by atoms with E-state index in [4.69, 9.17) is 14.2 Å². The molecule has 476 valence electrons. The van der Waals surface area contributed by atoms with E-state index in [1.807, 2.05) is 0 Å². The van der Waals surface area contributed by atoms with E-state index in [2.05, 4.69) is 130 Å². The van der Waals surface area contributed by atoms with E-state index >= 15 is 0 Å². The third kappa shape index (κ3) is 68.7. The van der Waals surface area contributed by atoms with Gasteiger partial charge in [0, 0.05) is 19.3 Å². The molecule has 0 aromatic heterocycles. The van der Waals surface area contributed by atoms with Crippen molar-refractivity contribution < 1.29 is 28.6 Å². The number of allylic oxidation sites excluding steroid dienone is 18. The second-order valence-corrected chi connectivity index (χ2v) is 23.4. The predicted molar refractivity (Wildman–Crippen MR) is 362 cm³/mol. The molecule has 0 radical (unpaired) electrons. The van der Waals surface area contributed by atoms with Gasteiger partial charge >= 0.3 is 17.9 Å². The van der Waals surface area contributed by atoms with Crippen molar-refractivity contribution in [1.82, 2.24) is 0 Å². The van der Waals surface area contributed by atoms with Gasteiger partial charge in [-0.15, -0.1) is 0 Å². The maximum atomic E-state index is 12.9. The Hall–Kier alpha value is -3.93. The lowest BCUT2D eigenvalue weighted by Gasteiger charge is -2.18. The summed E-state index contributed by atoms with van der Waals surface area (Å²) in [6, 6.07) is 0. The first-order valence-corrected chi connectivity index (χ1v) is 35.4. The van der Waals surface area contributed by atoms with Crippen molar-refractivity contribution in [3.8, 4) is 0 Å². The molecule has 6 heteroatoms. The number of carbonyl (C=O) groups is 3. The third-order valence-electron chi connectivity index (χ3n) is 15.2. The van der Waals surface area contributed by atoms with Gasteiger partial charge in [-0.05, 0) is 122 Å². The fourth-order valence-electron chi connectivity index (χ4n) is 10.0. The zero-order valence-electron chi connectivity index (χ0n) is 54.7. The molecule has 0 aromatic carbocycles. The number of esters is 3. The maximum absolute atomic E-state index is 12.9. The summed E-state index contributed by atoms with van der Waals surface area (Å²) in [5.74, 6) is -0.906. The number of unbranched alkanes of at least 4 members (excludes halogenated alkanes) is 35. The molecule has 1 atom stereocenters. The average Bonchev–Trinajstić information content (AvgIpc) is 3.49. The van der Waals surface area contributed by atoms with Crippen molar-refractivity contribution in [2.24, 2.45) is 0 Å². The van der Waals surface area contributed by atoms with Crippen LogP contribution in [0.1, 0.15) is 342 Å². The van der Waals surface area contributed by atoms with Gasteiger partial charge in [0.25, 0.3) is 0 Å². The quantitative estimate of drug-likeness (QED) is 0.0261. The van der Waals surface area contributed by atoms with E-state index in [-0.39, 0.29) is 31.1 Å². The number of rotatable bonds is 64. The van der Waals surface area contributed by atoms with Crippen LogP contribution in [0.2, 0.25) is 0 Å². The molecule has 6 nitrogen and oxygen atoms in total. The first kappa shape index (κ1) is 79.1. The Bertz CT molecular complexity index is 1660. The fourth-order valence-corrected chi connectivity index (χ4v) is 10.0. The van der Waals surface area contributed by atoms with E-state index in [1.165, 1.54) is 173 Å². The van der Waals surface area contributed by atoms with Crippen LogP contribution in [0, 0.1) is 0 Å². The maximum Gasteiger partial charge on any atom is 0.306 e. The Kier molecular flexibility index (Phi) is 67.2. The van der Waals surface area contributed by atoms with Gasteiger partial charge in [0.2, 0.25) is 0 Å². The molecule has 0 spiro atoms. The van der Waals surface area contributed by atoms with Crippen molar-refractivity contribution in [2.45, 2.75) is 348 Å². The van der Waals surface area contributed by atoms with Crippen molar-refractivity contribution in [3.05, 3.63) is 109 Å². The molecule has 0 aliphatic heterocycles. The standard InChI is InChI=1S/C77H132O6/c1-4-7-10-13-16-19-22-25-28-30-31-32-33-34-35-36-37-38-39-40-41-42-43-44-45-47-49-52-55-58-61-64-67-70-76(79)82-73-74(72-81-75(78)69-66-63-60-57-54-51-48-27-24-21-18-15-12-9-6-3)83-77(80)71-68-65-62-59-56-53-50-46-29-26-23-20-17-14-11-8-5-2/h7-8,10-11,16-17,19-20,25-29,31-32,48,50,53,74H,4-6,9,12-15,18,21-24,30,33-47,49,51-52,54-73H2,1-3H3/b10-7-,11-8-,19-16-,20-17-,28-25-,29-26-,32-31-,48-27-,53-50-. The van der Waals surface area contributed by atoms with Crippen molar-refractivity contribution in [2.75, 3.05) is 13.2 Å². The molecule has 0 aliphatic carbocycles. The highest BCUT2D eigenvalue weighted by Gasteiger charge is 2.19. The van der Waals surface area contributed by atoms with Crippen LogP contribution in [0.25, 0.3) is 0 Å². The van der Waals surface area contributed by atoms with E-state index in [0.717, 1.165) is 128 Å². The molecular weight excluding hydrogens is 1020 g/mol. The minimum Gasteiger partial charge on any atom is -0.462 e.